The maximum atomic E-state index is 3.43. The number of para-hydroxylation sites is 1. The van der Waals surface area contributed by atoms with Crippen molar-refractivity contribution in [2.24, 2.45) is 0 Å². The molecule has 0 aliphatic heterocycles. The third-order valence-corrected chi connectivity index (χ3v) is 3.34. The summed E-state index contributed by atoms with van der Waals surface area (Å²) in [5, 5.41) is 3.43. The van der Waals surface area contributed by atoms with Crippen molar-refractivity contribution in [1.82, 2.24) is 0 Å². The maximum Gasteiger partial charge on any atom is 0.0364 e. The number of rotatable bonds is 6. The van der Waals surface area contributed by atoms with Crippen LogP contribution in [0.2, 0.25) is 0 Å². The zero-order valence-corrected chi connectivity index (χ0v) is 11.8. The highest BCUT2D eigenvalue weighted by Gasteiger charge is 2.00. The minimum absolute atomic E-state index is 0.941. The lowest BCUT2D eigenvalue weighted by molar-refractivity contribution is 0.914. The standard InChI is InChI=1S/C17H22N2/c1-3-15-9-11-17(12-10-15)19(2)14-13-18-16-7-5-4-6-8-16/h4-12,18H,3,13-14H2,1-2H3. The van der Waals surface area contributed by atoms with Crippen LogP contribution in [-0.4, -0.2) is 20.1 Å². The van der Waals surface area contributed by atoms with Gasteiger partial charge in [0.25, 0.3) is 0 Å². The highest BCUT2D eigenvalue weighted by molar-refractivity contribution is 5.48. The first-order valence-electron chi connectivity index (χ1n) is 6.88. The van der Waals surface area contributed by atoms with E-state index in [2.05, 4.69) is 72.7 Å². The molecule has 2 rings (SSSR count). The van der Waals surface area contributed by atoms with Crippen LogP contribution in [0.3, 0.4) is 0 Å². The molecule has 0 fully saturated rings. The van der Waals surface area contributed by atoms with E-state index in [0.29, 0.717) is 0 Å². The molecule has 19 heavy (non-hydrogen) atoms. The van der Waals surface area contributed by atoms with Gasteiger partial charge in [-0.15, -0.1) is 0 Å². The second-order valence-electron chi connectivity index (χ2n) is 4.73. The first-order valence-corrected chi connectivity index (χ1v) is 6.88. The Hall–Kier alpha value is -1.96. The van der Waals surface area contributed by atoms with Gasteiger partial charge >= 0.3 is 0 Å². The van der Waals surface area contributed by atoms with Crippen LogP contribution in [-0.2, 0) is 6.42 Å². The van der Waals surface area contributed by atoms with Crippen LogP contribution in [0.4, 0.5) is 11.4 Å². The van der Waals surface area contributed by atoms with E-state index in [1.54, 1.807) is 0 Å². The highest BCUT2D eigenvalue weighted by Crippen LogP contribution is 2.14. The monoisotopic (exact) mass is 254 g/mol. The second kappa shape index (κ2) is 6.83. The van der Waals surface area contributed by atoms with E-state index < -0.39 is 0 Å². The summed E-state index contributed by atoms with van der Waals surface area (Å²) in [7, 11) is 2.13. The van der Waals surface area contributed by atoms with Gasteiger partial charge in [-0.1, -0.05) is 37.3 Å². The van der Waals surface area contributed by atoms with Crippen LogP contribution in [0, 0.1) is 0 Å². The summed E-state index contributed by atoms with van der Waals surface area (Å²) in [5.74, 6) is 0. The molecule has 0 radical (unpaired) electrons. The minimum Gasteiger partial charge on any atom is -0.383 e. The summed E-state index contributed by atoms with van der Waals surface area (Å²) in [4.78, 5) is 2.27. The Morgan fingerprint density at radius 2 is 1.63 bits per heavy atom. The van der Waals surface area contributed by atoms with Crippen molar-refractivity contribution < 1.29 is 0 Å². The third-order valence-electron chi connectivity index (χ3n) is 3.34. The smallest absolute Gasteiger partial charge is 0.0364 e. The van der Waals surface area contributed by atoms with Crippen LogP contribution in [0.5, 0.6) is 0 Å². The predicted molar refractivity (Wildman–Crippen MR) is 84.0 cm³/mol. The molecule has 0 saturated carbocycles. The van der Waals surface area contributed by atoms with Gasteiger partial charge in [0.15, 0.2) is 0 Å². The fourth-order valence-electron chi connectivity index (χ4n) is 2.04. The van der Waals surface area contributed by atoms with E-state index in [9.17, 15) is 0 Å². The zero-order valence-electron chi connectivity index (χ0n) is 11.8. The maximum absolute atomic E-state index is 3.43. The molecule has 2 aromatic carbocycles. The predicted octanol–water partition coefficient (Wildman–Crippen LogP) is 3.80. The lowest BCUT2D eigenvalue weighted by Gasteiger charge is -2.20. The summed E-state index contributed by atoms with van der Waals surface area (Å²) in [6, 6.07) is 19.1. The SMILES string of the molecule is CCc1ccc(N(C)CCNc2ccccc2)cc1. The molecule has 100 valence electrons. The van der Waals surface area contributed by atoms with Crippen molar-refractivity contribution in [1.29, 1.82) is 0 Å². The van der Waals surface area contributed by atoms with Crippen LogP contribution >= 0.6 is 0 Å². The fourth-order valence-corrected chi connectivity index (χ4v) is 2.04. The van der Waals surface area contributed by atoms with E-state index in [4.69, 9.17) is 0 Å². The molecule has 0 aliphatic carbocycles. The minimum atomic E-state index is 0.941. The number of benzene rings is 2. The number of anilines is 2. The molecule has 0 saturated heterocycles. The number of likely N-dealkylation sites (N-methyl/N-ethyl adjacent to an activating group) is 1. The summed E-state index contributed by atoms with van der Waals surface area (Å²) >= 11 is 0. The molecule has 2 nitrogen and oxygen atoms in total. The number of hydrogen-bond donors (Lipinski definition) is 1. The summed E-state index contributed by atoms with van der Waals surface area (Å²) in [6.07, 6.45) is 1.10. The Labute approximate surface area is 116 Å². The summed E-state index contributed by atoms with van der Waals surface area (Å²) < 4.78 is 0. The Kier molecular flexibility index (Phi) is 4.85. The van der Waals surface area contributed by atoms with Crippen molar-refractivity contribution in [3.63, 3.8) is 0 Å². The molecule has 0 heterocycles. The number of nitrogens with one attached hydrogen (secondary N) is 1. The van der Waals surface area contributed by atoms with E-state index in [1.165, 1.54) is 16.9 Å². The molecule has 0 aromatic heterocycles. The van der Waals surface area contributed by atoms with Crippen molar-refractivity contribution in [3.05, 3.63) is 60.2 Å². The Morgan fingerprint density at radius 1 is 0.947 bits per heavy atom. The second-order valence-corrected chi connectivity index (χ2v) is 4.73. The average molecular weight is 254 g/mol. The molecule has 0 bridgehead atoms. The van der Waals surface area contributed by atoms with Gasteiger partial charge in [0.05, 0.1) is 0 Å². The molecular weight excluding hydrogens is 232 g/mol. The lowest BCUT2D eigenvalue weighted by Crippen LogP contribution is -2.24. The van der Waals surface area contributed by atoms with Gasteiger partial charge in [0.2, 0.25) is 0 Å². The highest BCUT2D eigenvalue weighted by atomic mass is 15.1. The van der Waals surface area contributed by atoms with E-state index >= 15 is 0 Å². The molecule has 2 heteroatoms. The molecule has 0 unspecified atom stereocenters. The summed E-state index contributed by atoms with van der Waals surface area (Å²) in [6.45, 7) is 4.11. The van der Waals surface area contributed by atoms with E-state index in [0.717, 1.165) is 19.5 Å². The van der Waals surface area contributed by atoms with Gasteiger partial charge in [0, 0.05) is 31.5 Å². The largest absolute Gasteiger partial charge is 0.383 e. The molecule has 0 aliphatic rings. The van der Waals surface area contributed by atoms with Gasteiger partial charge in [-0.3, -0.25) is 0 Å². The molecule has 1 N–H and O–H groups in total. The third kappa shape index (κ3) is 4.02. The first-order chi connectivity index (χ1) is 9.29. The normalized spacial score (nSPS) is 10.2. The van der Waals surface area contributed by atoms with Crippen molar-refractivity contribution in [2.45, 2.75) is 13.3 Å². The first kappa shape index (κ1) is 13.5. The zero-order chi connectivity index (χ0) is 13.5. The van der Waals surface area contributed by atoms with Gasteiger partial charge < -0.3 is 10.2 Å². The van der Waals surface area contributed by atoms with Crippen LogP contribution in [0.15, 0.2) is 54.6 Å². The van der Waals surface area contributed by atoms with E-state index in [-0.39, 0.29) is 0 Å². The van der Waals surface area contributed by atoms with Crippen molar-refractivity contribution in [3.8, 4) is 0 Å². The van der Waals surface area contributed by atoms with Gasteiger partial charge in [-0.2, -0.15) is 0 Å². The Morgan fingerprint density at radius 3 is 2.26 bits per heavy atom. The molecule has 2 aromatic rings. The summed E-state index contributed by atoms with van der Waals surface area (Å²) in [5.41, 5.74) is 3.84. The van der Waals surface area contributed by atoms with E-state index in [1.807, 2.05) is 6.07 Å². The Bertz CT molecular complexity index is 476. The molecular formula is C17H22N2. The van der Waals surface area contributed by atoms with Crippen LogP contribution < -0.4 is 10.2 Å². The van der Waals surface area contributed by atoms with Gasteiger partial charge in [-0.25, -0.2) is 0 Å². The molecule has 0 amide bonds. The van der Waals surface area contributed by atoms with Crippen LogP contribution in [0.1, 0.15) is 12.5 Å². The molecule has 0 spiro atoms. The number of hydrogen-bond acceptors (Lipinski definition) is 2. The van der Waals surface area contributed by atoms with Crippen molar-refractivity contribution >= 4 is 11.4 Å². The average Bonchev–Trinajstić information content (AvgIpc) is 2.48. The van der Waals surface area contributed by atoms with Crippen molar-refractivity contribution in [2.75, 3.05) is 30.4 Å². The number of aryl methyl sites for hydroxylation is 1. The van der Waals surface area contributed by atoms with Gasteiger partial charge in [-0.05, 0) is 36.2 Å². The Balaban J connectivity index is 1.82. The lowest BCUT2D eigenvalue weighted by atomic mass is 10.1. The van der Waals surface area contributed by atoms with Gasteiger partial charge in [0.1, 0.15) is 0 Å². The van der Waals surface area contributed by atoms with Crippen LogP contribution in [0.25, 0.3) is 0 Å². The fraction of sp³-hybridized carbons (Fsp3) is 0.294. The molecule has 0 atom stereocenters. The topological polar surface area (TPSA) is 15.3 Å². The number of nitrogens with zero attached hydrogens (tertiary/aromatic N) is 1. The quantitative estimate of drug-likeness (QED) is 0.843.